The Morgan fingerprint density at radius 2 is 2.04 bits per heavy atom. The van der Waals surface area contributed by atoms with Gasteiger partial charge < -0.3 is 5.11 Å². The summed E-state index contributed by atoms with van der Waals surface area (Å²) in [6, 6.07) is 6.95. The fraction of sp³-hybridized carbons (Fsp3) is 0.412. The first-order valence-corrected chi connectivity index (χ1v) is 8.11. The summed E-state index contributed by atoms with van der Waals surface area (Å²) in [4.78, 5) is 31.8. The van der Waals surface area contributed by atoms with Crippen molar-refractivity contribution in [3.05, 3.63) is 35.4 Å². The number of aliphatic hydroxyl groups is 1. The molecule has 1 fully saturated rings. The second-order valence-electron chi connectivity index (χ2n) is 6.20. The van der Waals surface area contributed by atoms with Gasteiger partial charge in [-0.05, 0) is 12.5 Å². The number of amides is 3. The number of rotatable bonds is 4. The molecule has 0 aromatic heterocycles. The van der Waals surface area contributed by atoms with Crippen molar-refractivity contribution in [3.8, 4) is 0 Å². The van der Waals surface area contributed by atoms with Gasteiger partial charge in [0.05, 0.1) is 19.7 Å². The third-order valence-electron chi connectivity index (χ3n) is 4.36. The standard InChI is InChI=1S/C17H21N5O3/c1-11-5-4-6-12(9-11)10-22-13-14(19-16(22)18-7-8-23)20(2)17(25)21(3)15(13)24/h4-6,9,13,23H,7-8,10H2,1-3H3/p+1. The molecule has 2 N–H and O–H groups in total. The number of aliphatic hydroxyl groups excluding tert-OH is 1. The summed E-state index contributed by atoms with van der Waals surface area (Å²) >= 11 is 0. The predicted octanol–water partition coefficient (Wildman–Crippen LogP) is -0.250. The zero-order valence-corrected chi connectivity index (χ0v) is 14.6. The van der Waals surface area contributed by atoms with E-state index >= 15 is 0 Å². The highest BCUT2D eigenvalue weighted by molar-refractivity contribution is 6.22. The van der Waals surface area contributed by atoms with Gasteiger partial charge >= 0.3 is 12.0 Å². The van der Waals surface area contributed by atoms with Crippen LogP contribution in [-0.4, -0.2) is 76.5 Å². The smallest absolute Gasteiger partial charge is 0.390 e. The fourth-order valence-electron chi connectivity index (χ4n) is 3.08. The quantitative estimate of drug-likeness (QED) is 0.738. The summed E-state index contributed by atoms with van der Waals surface area (Å²) in [5.74, 6) is 0.579. The van der Waals surface area contributed by atoms with E-state index in [1.54, 1.807) is 7.05 Å². The molecule has 8 heteroatoms. The fourth-order valence-corrected chi connectivity index (χ4v) is 3.08. The maximum absolute atomic E-state index is 12.7. The largest absolute Gasteiger partial charge is 0.393 e. The van der Waals surface area contributed by atoms with Crippen molar-refractivity contribution in [3.63, 3.8) is 0 Å². The van der Waals surface area contributed by atoms with E-state index in [1.165, 1.54) is 11.9 Å². The molecule has 1 aromatic carbocycles. The molecule has 2 aliphatic rings. The lowest BCUT2D eigenvalue weighted by Gasteiger charge is -2.31. The number of aliphatic imine (C=N–C) groups is 1. The molecule has 0 spiro atoms. The molecule has 132 valence electrons. The number of hydrogen-bond acceptors (Lipinski definition) is 5. The molecule has 0 radical (unpaired) electrons. The third kappa shape index (κ3) is 3.00. The Hall–Kier alpha value is -2.74. The van der Waals surface area contributed by atoms with Crippen molar-refractivity contribution in [1.82, 2.24) is 15.1 Å². The number of likely N-dealkylation sites (N-methyl/N-ethyl adjacent to an activating group) is 2. The molecule has 1 saturated heterocycles. The maximum Gasteiger partial charge on any atom is 0.390 e. The number of nitrogens with zero attached hydrogens (tertiary/aromatic N) is 4. The molecule has 2 aliphatic heterocycles. The van der Waals surface area contributed by atoms with Crippen LogP contribution >= 0.6 is 0 Å². The van der Waals surface area contributed by atoms with Gasteiger partial charge in [-0.15, -0.1) is 0 Å². The molecular weight excluding hydrogens is 322 g/mol. The van der Waals surface area contributed by atoms with Gasteiger partial charge in [-0.25, -0.2) is 9.37 Å². The lowest BCUT2D eigenvalue weighted by Crippen LogP contribution is -2.61. The van der Waals surface area contributed by atoms with Gasteiger partial charge in [-0.2, -0.15) is 0 Å². The zero-order chi connectivity index (χ0) is 18.1. The number of amidine groups is 1. The number of guanidine groups is 1. The summed E-state index contributed by atoms with van der Waals surface area (Å²) in [5.41, 5.74) is 2.16. The van der Waals surface area contributed by atoms with Crippen LogP contribution in [0.4, 0.5) is 4.79 Å². The van der Waals surface area contributed by atoms with Crippen molar-refractivity contribution in [1.29, 1.82) is 0 Å². The molecule has 3 rings (SSSR count). The van der Waals surface area contributed by atoms with Crippen LogP contribution < -0.4 is 5.32 Å². The molecule has 1 unspecified atom stereocenters. The highest BCUT2D eigenvalue weighted by Gasteiger charge is 2.51. The summed E-state index contributed by atoms with van der Waals surface area (Å²) in [6.45, 7) is 2.73. The number of hydrogen-bond donors (Lipinski definition) is 2. The van der Waals surface area contributed by atoms with Crippen LogP contribution in [0.1, 0.15) is 11.1 Å². The van der Waals surface area contributed by atoms with Gasteiger partial charge in [-0.3, -0.25) is 19.9 Å². The molecular formula is C17H22N5O3+. The van der Waals surface area contributed by atoms with Crippen molar-refractivity contribution < 1.29 is 19.3 Å². The number of benzene rings is 1. The first-order chi connectivity index (χ1) is 11.9. The molecule has 1 atom stereocenters. The summed E-state index contributed by atoms with van der Waals surface area (Å²) in [6.07, 6.45) is 0. The lowest BCUT2D eigenvalue weighted by molar-refractivity contribution is -0.553. The number of nitrogens with one attached hydrogen (secondary N) is 1. The Morgan fingerprint density at radius 3 is 2.72 bits per heavy atom. The number of aryl methyl sites for hydroxylation is 1. The van der Waals surface area contributed by atoms with Crippen LogP contribution in [0.3, 0.4) is 0 Å². The molecule has 8 nitrogen and oxygen atoms in total. The summed E-state index contributed by atoms with van der Waals surface area (Å²) in [5, 5.41) is 12.1. The van der Waals surface area contributed by atoms with Crippen LogP contribution in [0.2, 0.25) is 0 Å². The second kappa shape index (κ2) is 6.64. The van der Waals surface area contributed by atoms with E-state index in [9.17, 15) is 9.59 Å². The first kappa shape index (κ1) is 17.1. The predicted molar refractivity (Wildman–Crippen MR) is 92.4 cm³/mol. The molecule has 25 heavy (non-hydrogen) atoms. The van der Waals surface area contributed by atoms with E-state index in [0.717, 1.165) is 16.0 Å². The highest BCUT2D eigenvalue weighted by Crippen LogP contribution is 2.20. The Kier molecular flexibility index (Phi) is 4.54. The Balaban J connectivity index is 1.99. The van der Waals surface area contributed by atoms with Gasteiger partial charge in [0.15, 0.2) is 0 Å². The van der Waals surface area contributed by atoms with E-state index in [-0.39, 0.29) is 12.5 Å². The molecule has 0 saturated carbocycles. The van der Waals surface area contributed by atoms with Crippen molar-refractivity contribution >= 4 is 23.7 Å². The van der Waals surface area contributed by atoms with Crippen LogP contribution in [0.5, 0.6) is 0 Å². The minimum atomic E-state index is -0.658. The summed E-state index contributed by atoms with van der Waals surface area (Å²) < 4.78 is 1.83. The average Bonchev–Trinajstić information content (AvgIpc) is 2.95. The van der Waals surface area contributed by atoms with E-state index in [2.05, 4.69) is 10.3 Å². The number of urea groups is 1. The normalized spacial score (nSPS) is 20.2. The maximum atomic E-state index is 12.7. The van der Waals surface area contributed by atoms with E-state index in [0.29, 0.717) is 24.9 Å². The Labute approximate surface area is 146 Å². The number of carbonyl (C=O) groups is 2. The lowest BCUT2D eigenvalue weighted by atomic mass is 10.1. The minimum Gasteiger partial charge on any atom is -0.393 e. The van der Waals surface area contributed by atoms with Crippen LogP contribution in [0.15, 0.2) is 29.3 Å². The number of imide groups is 1. The van der Waals surface area contributed by atoms with Gasteiger partial charge in [0.1, 0.15) is 0 Å². The number of fused-ring (bicyclic) bond motifs is 1. The van der Waals surface area contributed by atoms with E-state index < -0.39 is 12.1 Å². The molecule has 3 amide bonds. The van der Waals surface area contributed by atoms with Gasteiger partial charge in [0.25, 0.3) is 5.91 Å². The highest BCUT2D eigenvalue weighted by atomic mass is 16.3. The SMILES string of the molecule is Cc1cccc(C[N+]2=C(NCCO)N=C3C2C(=O)N(C)C(=O)N3C)c1. The molecule has 0 aliphatic carbocycles. The molecule has 1 aromatic rings. The van der Waals surface area contributed by atoms with Crippen molar-refractivity contribution in [2.24, 2.45) is 4.99 Å². The van der Waals surface area contributed by atoms with Gasteiger partial charge in [0, 0.05) is 14.1 Å². The average molecular weight is 344 g/mol. The van der Waals surface area contributed by atoms with Crippen LogP contribution in [0, 0.1) is 6.92 Å². The van der Waals surface area contributed by atoms with Crippen LogP contribution in [-0.2, 0) is 11.3 Å². The first-order valence-electron chi connectivity index (χ1n) is 8.11. The minimum absolute atomic E-state index is 0.0556. The topological polar surface area (TPSA) is 88.2 Å². The Bertz CT molecular complexity index is 786. The van der Waals surface area contributed by atoms with Gasteiger partial charge in [-0.1, -0.05) is 34.8 Å². The Morgan fingerprint density at radius 1 is 1.28 bits per heavy atom. The molecule has 0 bridgehead atoms. The summed E-state index contributed by atoms with van der Waals surface area (Å²) in [7, 11) is 3.08. The number of carbonyl (C=O) groups excluding carboxylic acids is 2. The monoisotopic (exact) mass is 344 g/mol. The third-order valence-corrected chi connectivity index (χ3v) is 4.36. The second-order valence-corrected chi connectivity index (χ2v) is 6.20. The van der Waals surface area contributed by atoms with E-state index in [1.807, 2.05) is 35.8 Å². The van der Waals surface area contributed by atoms with Gasteiger partial charge in [0.2, 0.25) is 11.9 Å². The van der Waals surface area contributed by atoms with Crippen molar-refractivity contribution in [2.75, 3.05) is 27.2 Å². The van der Waals surface area contributed by atoms with Crippen molar-refractivity contribution in [2.45, 2.75) is 19.5 Å². The van der Waals surface area contributed by atoms with E-state index in [4.69, 9.17) is 5.11 Å². The zero-order valence-electron chi connectivity index (χ0n) is 14.6. The van der Waals surface area contributed by atoms with Crippen LogP contribution in [0.25, 0.3) is 0 Å². The molecule has 2 heterocycles.